The molecule has 0 aliphatic carbocycles. The van der Waals surface area contributed by atoms with Crippen LogP contribution in [0.4, 0.5) is 0 Å². The lowest BCUT2D eigenvalue weighted by molar-refractivity contribution is -0.140. The van der Waals surface area contributed by atoms with Crippen LogP contribution >= 0.6 is 0 Å². The maximum Gasteiger partial charge on any atom is 0.310 e. The molecule has 0 radical (unpaired) electrons. The minimum atomic E-state index is -1.19. The lowest BCUT2D eigenvalue weighted by Gasteiger charge is -2.06. The molecule has 2 aromatic rings. The standard InChI is InChI=1S/C21H20O4/c22-19(14-20(23)15-21(24)25)12-11-18(17-9-5-2-6-10-17)13-16-7-3-1-4-8-16/h1-13,19,22H,14-15H2,(H,24,25)/b12-11+,18-13+. The largest absolute Gasteiger partial charge is 0.481 e. The minimum Gasteiger partial charge on any atom is -0.481 e. The number of carbonyl (C=O) groups excluding carboxylic acids is 1. The number of rotatable bonds is 8. The third kappa shape index (κ3) is 6.57. The normalized spacial score (nSPS) is 12.9. The number of benzene rings is 2. The molecule has 2 aromatic carbocycles. The van der Waals surface area contributed by atoms with Gasteiger partial charge in [-0.3, -0.25) is 9.59 Å². The van der Waals surface area contributed by atoms with Crippen LogP contribution in [0.2, 0.25) is 0 Å². The first-order valence-electron chi connectivity index (χ1n) is 7.96. The number of aliphatic hydroxyl groups excluding tert-OH is 1. The zero-order chi connectivity index (χ0) is 18.1. The van der Waals surface area contributed by atoms with Gasteiger partial charge in [0, 0.05) is 6.42 Å². The van der Waals surface area contributed by atoms with Gasteiger partial charge in [0.1, 0.15) is 12.2 Å². The third-order valence-corrected chi connectivity index (χ3v) is 3.51. The molecular formula is C21H20O4. The molecule has 2 rings (SSSR count). The molecule has 1 atom stereocenters. The number of carboxylic acid groups (broad SMARTS) is 1. The zero-order valence-corrected chi connectivity index (χ0v) is 13.7. The van der Waals surface area contributed by atoms with E-state index in [1.165, 1.54) is 6.08 Å². The number of allylic oxidation sites excluding steroid dienone is 2. The smallest absolute Gasteiger partial charge is 0.310 e. The van der Waals surface area contributed by atoms with E-state index in [1.807, 2.05) is 66.7 Å². The first-order chi connectivity index (χ1) is 12.0. The van der Waals surface area contributed by atoms with Crippen molar-refractivity contribution < 1.29 is 19.8 Å². The summed E-state index contributed by atoms with van der Waals surface area (Å²) in [6, 6.07) is 19.5. The number of aliphatic hydroxyl groups is 1. The second-order valence-corrected chi connectivity index (χ2v) is 5.62. The number of aliphatic carboxylic acids is 1. The van der Waals surface area contributed by atoms with Gasteiger partial charge in [-0.05, 0) is 22.8 Å². The van der Waals surface area contributed by atoms with Crippen LogP contribution < -0.4 is 0 Å². The molecule has 0 aliphatic heterocycles. The molecule has 4 nitrogen and oxygen atoms in total. The van der Waals surface area contributed by atoms with Crippen molar-refractivity contribution in [1.29, 1.82) is 0 Å². The lowest BCUT2D eigenvalue weighted by Crippen LogP contribution is -2.14. The van der Waals surface area contributed by atoms with E-state index in [0.717, 1.165) is 16.7 Å². The molecule has 2 N–H and O–H groups in total. The summed E-state index contributed by atoms with van der Waals surface area (Å²) < 4.78 is 0. The molecule has 1 unspecified atom stereocenters. The molecule has 0 aliphatic rings. The van der Waals surface area contributed by atoms with E-state index in [2.05, 4.69) is 0 Å². The Morgan fingerprint density at radius 2 is 1.56 bits per heavy atom. The quantitative estimate of drug-likeness (QED) is 0.439. The van der Waals surface area contributed by atoms with Gasteiger partial charge < -0.3 is 10.2 Å². The first kappa shape index (κ1) is 18.4. The maximum absolute atomic E-state index is 11.5. The van der Waals surface area contributed by atoms with Gasteiger partial charge in [-0.25, -0.2) is 0 Å². The van der Waals surface area contributed by atoms with Crippen molar-refractivity contribution >= 4 is 23.4 Å². The van der Waals surface area contributed by atoms with Crippen molar-refractivity contribution in [2.24, 2.45) is 0 Å². The number of hydrogen-bond donors (Lipinski definition) is 2. The van der Waals surface area contributed by atoms with E-state index < -0.39 is 24.3 Å². The Morgan fingerprint density at radius 3 is 2.16 bits per heavy atom. The molecule has 0 bridgehead atoms. The van der Waals surface area contributed by atoms with Gasteiger partial charge in [-0.2, -0.15) is 0 Å². The van der Waals surface area contributed by atoms with Crippen LogP contribution in [0.3, 0.4) is 0 Å². The molecule has 0 amide bonds. The summed E-state index contributed by atoms with van der Waals surface area (Å²) in [6.07, 6.45) is 3.45. The number of Topliss-reactive ketones (excluding diaryl/α,β-unsaturated/α-hetero) is 1. The fraction of sp³-hybridized carbons (Fsp3) is 0.143. The van der Waals surface area contributed by atoms with E-state index in [1.54, 1.807) is 6.08 Å². The van der Waals surface area contributed by atoms with Gasteiger partial charge in [-0.15, -0.1) is 0 Å². The van der Waals surface area contributed by atoms with E-state index in [-0.39, 0.29) is 6.42 Å². The second kappa shape index (κ2) is 9.35. The highest BCUT2D eigenvalue weighted by atomic mass is 16.4. The molecule has 128 valence electrons. The third-order valence-electron chi connectivity index (χ3n) is 3.51. The lowest BCUT2D eigenvalue weighted by atomic mass is 10.0. The van der Waals surface area contributed by atoms with Crippen LogP contribution in [0.1, 0.15) is 24.0 Å². The van der Waals surface area contributed by atoms with E-state index in [9.17, 15) is 14.7 Å². The molecule has 0 saturated heterocycles. The Morgan fingerprint density at radius 1 is 0.960 bits per heavy atom. The van der Waals surface area contributed by atoms with Crippen LogP contribution in [0, 0.1) is 0 Å². The Hall–Kier alpha value is -2.98. The van der Waals surface area contributed by atoms with Gasteiger partial charge in [0.15, 0.2) is 0 Å². The molecule has 25 heavy (non-hydrogen) atoms. The highest BCUT2D eigenvalue weighted by Gasteiger charge is 2.12. The van der Waals surface area contributed by atoms with E-state index in [0.29, 0.717) is 0 Å². The summed E-state index contributed by atoms with van der Waals surface area (Å²) in [7, 11) is 0. The monoisotopic (exact) mass is 336 g/mol. The van der Waals surface area contributed by atoms with Crippen molar-refractivity contribution in [3.63, 3.8) is 0 Å². The maximum atomic E-state index is 11.5. The molecular weight excluding hydrogens is 316 g/mol. The minimum absolute atomic E-state index is 0.212. The average molecular weight is 336 g/mol. The number of ketones is 1. The Bertz CT molecular complexity index is 761. The van der Waals surface area contributed by atoms with E-state index in [4.69, 9.17) is 5.11 Å². The Balaban J connectivity index is 2.18. The summed E-state index contributed by atoms with van der Waals surface area (Å²) in [5, 5.41) is 18.6. The molecule has 0 aromatic heterocycles. The Labute approximate surface area is 146 Å². The summed E-state index contributed by atoms with van der Waals surface area (Å²) in [6.45, 7) is 0. The average Bonchev–Trinajstić information content (AvgIpc) is 2.59. The SMILES string of the molecule is O=C(O)CC(=O)CC(O)/C=C/C(=C\c1ccccc1)c1ccccc1. The topological polar surface area (TPSA) is 74.6 Å². The predicted molar refractivity (Wildman–Crippen MR) is 97.8 cm³/mol. The molecule has 0 spiro atoms. The van der Waals surface area contributed by atoms with Crippen molar-refractivity contribution in [3.05, 3.63) is 83.9 Å². The van der Waals surface area contributed by atoms with Gasteiger partial charge in [0.25, 0.3) is 0 Å². The van der Waals surface area contributed by atoms with Crippen LogP contribution in [-0.2, 0) is 9.59 Å². The number of carboxylic acids is 1. The van der Waals surface area contributed by atoms with Crippen molar-refractivity contribution in [2.75, 3.05) is 0 Å². The summed E-state index contributed by atoms with van der Waals surface area (Å²) in [5.41, 5.74) is 2.88. The number of carbonyl (C=O) groups is 2. The van der Waals surface area contributed by atoms with Crippen LogP contribution in [0.5, 0.6) is 0 Å². The second-order valence-electron chi connectivity index (χ2n) is 5.62. The fourth-order valence-corrected chi connectivity index (χ4v) is 2.34. The van der Waals surface area contributed by atoms with Crippen molar-refractivity contribution in [2.45, 2.75) is 18.9 Å². The van der Waals surface area contributed by atoms with Gasteiger partial charge in [0.05, 0.1) is 6.10 Å². The Kier molecular flexibility index (Phi) is 6.87. The fourth-order valence-electron chi connectivity index (χ4n) is 2.34. The van der Waals surface area contributed by atoms with Crippen molar-refractivity contribution in [3.8, 4) is 0 Å². The van der Waals surface area contributed by atoms with Crippen LogP contribution in [0.15, 0.2) is 72.8 Å². The summed E-state index contributed by atoms with van der Waals surface area (Å²) >= 11 is 0. The molecule has 4 heteroatoms. The number of hydrogen-bond acceptors (Lipinski definition) is 3. The van der Waals surface area contributed by atoms with Gasteiger partial charge in [-0.1, -0.05) is 72.8 Å². The van der Waals surface area contributed by atoms with E-state index >= 15 is 0 Å². The summed E-state index contributed by atoms with van der Waals surface area (Å²) in [4.78, 5) is 22.0. The highest BCUT2D eigenvalue weighted by molar-refractivity contribution is 5.95. The zero-order valence-electron chi connectivity index (χ0n) is 13.7. The van der Waals surface area contributed by atoms with Crippen LogP contribution in [0.25, 0.3) is 11.6 Å². The predicted octanol–water partition coefficient (Wildman–Crippen LogP) is 3.58. The van der Waals surface area contributed by atoms with Gasteiger partial charge in [0.2, 0.25) is 0 Å². The molecule has 0 fully saturated rings. The van der Waals surface area contributed by atoms with Crippen LogP contribution in [-0.4, -0.2) is 28.1 Å². The van der Waals surface area contributed by atoms with Crippen molar-refractivity contribution in [1.82, 2.24) is 0 Å². The first-order valence-corrected chi connectivity index (χ1v) is 7.96. The highest BCUT2D eigenvalue weighted by Crippen LogP contribution is 2.20. The molecule has 0 heterocycles. The summed E-state index contributed by atoms with van der Waals surface area (Å²) in [5.74, 6) is -1.69. The van der Waals surface area contributed by atoms with Gasteiger partial charge >= 0.3 is 5.97 Å². The molecule has 0 saturated carbocycles.